The second-order valence-corrected chi connectivity index (χ2v) is 6.38. The van der Waals surface area contributed by atoms with Crippen molar-refractivity contribution in [3.63, 3.8) is 0 Å². The number of carbonyl (C=O) groups is 1. The molecule has 3 aromatic rings. The van der Waals surface area contributed by atoms with Gasteiger partial charge in [-0.3, -0.25) is 10.1 Å². The van der Waals surface area contributed by atoms with Crippen LogP contribution in [0, 0.1) is 13.8 Å². The van der Waals surface area contributed by atoms with Gasteiger partial charge in [0.1, 0.15) is 16.8 Å². The van der Waals surface area contributed by atoms with Crippen molar-refractivity contribution < 1.29 is 9.53 Å². The quantitative estimate of drug-likeness (QED) is 0.685. The number of aryl methyl sites for hydroxylation is 2. The van der Waals surface area contributed by atoms with Crippen LogP contribution in [0.3, 0.4) is 0 Å². The standard InChI is InChI=1S/C17H16N4O2S2/c1-10-5-3-4-6-13(10)23-9-14(22)18-17(24)19-15-11(2)7-8-12-16(15)21-25-20-12/h3-8H,9H2,1-2H3,(H2,18,19,22,24). The molecule has 0 aliphatic heterocycles. The van der Waals surface area contributed by atoms with E-state index < -0.39 is 0 Å². The molecular weight excluding hydrogens is 356 g/mol. The minimum Gasteiger partial charge on any atom is -0.483 e. The molecule has 6 nitrogen and oxygen atoms in total. The predicted octanol–water partition coefficient (Wildman–Crippen LogP) is 3.20. The molecule has 2 N–H and O–H groups in total. The van der Waals surface area contributed by atoms with Gasteiger partial charge in [-0.05, 0) is 49.3 Å². The third kappa shape index (κ3) is 4.09. The van der Waals surface area contributed by atoms with Crippen molar-refractivity contribution in [2.24, 2.45) is 0 Å². The first kappa shape index (κ1) is 17.2. The molecule has 0 aliphatic rings. The fourth-order valence-corrected chi connectivity index (χ4v) is 3.04. The summed E-state index contributed by atoms with van der Waals surface area (Å²) in [4.78, 5) is 12.0. The van der Waals surface area contributed by atoms with Crippen molar-refractivity contribution in [3.05, 3.63) is 47.5 Å². The first-order chi connectivity index (χ1) is 12.0. The second kappa shape index (κ2) is 7.54. The summed E-state index contributed by atoms with van der Waals surface area (Å²) in [6, 6.07) is 11.3. The number of ether oxygens (including phenoxy) is 1. The van der Waals surface area contributed by atoms with Crippen molar-refractivity contribution in [1.82, 2.24) is 14.1 Å². The number of benzene rings is 2. The average Bonchev–Trinajstić information content (AvgIpc) is 3.05. The minimum atomic E-state index is -0.331. The summed E-state index contributed by atoms with van der Waals surface area (Å²) in [6.07, 6.45) is 0. The SMILES string of the molecule is Cc1ccccc1OCC(=O)NC(=S)Nc1c(C)ccc2nsnc12. The normalized spacial score (nSPS) is 10.5. The lowest BCUT2D eigenvalue weighted by molar-refractivity contribution is -0.121. The molecule has 0 radical (unpaired) electrons. The van der Waals surface area contributed by atoms with Crippen LogP contribution in [0.4, 0.5) is 5.69 Å². The maximum atomic E-state index is 12.0. The van der Waals surface area contributed by atoms with Crippen molar-refractivity contribution in [3.8, 4) is 5.75 Å². The topological polar surface area (TPSA) is 76.1 Å². The molecule has 0 saturated carbocycles. The van der Waals surface area contributed by atoms with Crippen LogP contribution in [0.2, 0.25) is 0 Å². The number of thiocarbonyl (C=S) groups is 1. The van der Waals surface area contributed by atoms with E-state index in [9.17, 15) is 4.79 Å². The summed E-state index contributed by atoms with van der Waals surface area (Å²) in [6.45, 7) is 3.74. The number of fused-ring (bicyclic) bond motifs is 1. The van der Waals surface area contributed by atoms with Gasteiger partial charge in [0.15, 0.2) is 11.7 Å². The molecular formula is C17H16N4O2S2. The highest BCUT2D eigenvalue weighted by Crippen LogP contribution is 2.25. The van der Waals surface area contributed by atoms with Crippen LogP contribution < -0.4 is 15.4 Å². The van der Waals surface area contributed by atoms with Crippen molar-refractivity contribution >= 4 is 51.7 Å². The number of para-hydroxylation sites is 1. The summed E-state index contributed by atoms with van der Waals surface area (Å²) in [5, 5.41) is 5.84. The lowest BCUT2D eigenvalue weighted by Crippen LogP contribution is -2.37. The lowest BCUT2D eigenvalue weighted by Gasteiger charge is -2.13. The van der Waals surface area contributed by atoms with Crippen LogP contribution in [0.25, 0.3) is 11.0 Å². The zero-order valence-electron chi connectivity index (χ0n) is 13.7. The van der Waals surface area contributed by atoms with Crippen LogP contribution in [-0.4, -0.2) is 26.4 Å². The van der Waals surface area contributed by atoms with E-state index in [-0.39, 0.29) is 17.6 Å². The third-order valence-electron chi connectivity index (χ3n) is 3.58. The van der Waals surface area contributed by atoms with Gasteiger partial charge in [-0.2, -0.15) is 8.75 Å². The minimum absolute atomic E-state index is 0.117. The Balaban J connectivity index is 1.60. The summed E-state index contributed by atoms with van der Waals surface area (Å²) in [7, 11) is 0. The summed E-state index contributed by atoms with van der Waals surface area (Å²) < 4.78 is 14.0. The van der Waals surface area contributed by atoms with Crippen LogP contribution >= 0.6 is 23.9 Å². The van der Waals surface area contributed by atoms with Crippen LogP contribution in [0.1, 0.15) is 11.1 Å². The van der Waals surface area contributed by atoms with Gasteiger partial charge < -0.3 is 10.1 Å². The van der Waals surface area contributed by atoms with E-state index in [4.69, 9.17) is 17.0 Å². The van der Waals surface area contributed by atoms with Gasteiger partial charge in [0.25, 0.3) is 5.91 Å². The Hall–Kier alpha value is -2.58. The molecule has 25 heavy (non-hydrogen) atoms. The van der Waals surface area contributed by atoms with Crippen molar-refractivity contribution in [2.45, 2.75) is 13.8 Å². The number of carbonyl (C=O) groups excluding carboxylic acids is 1. The number of hydrogen-bond donors (Lipinski definition) is 2. The molecule has 128 valence electrons. The van der Waals surface area contributed by atoms with Gasteiger partial charge in [-0.25, -0.2) is 0 Å². The Morgan fingerprint density at radius 2 is 1.96 bits per heavy atom. The smallest absolute Gasteiger partial charge is 0.264 e. The number of amides is 1. The van der Waals surface area contributed by atoms with E-state index >= 15 is 0 Å². The van der Waals surface area contributed by atoms with E-state index in [1.54, 1.807) is 0 Å². The highest BCUT2D eigenvalue weighted by molar-refractivity contribution is 7.80. The van der Waals surface area contributed by atoms with E-state index in [2.05, 4.69) is 19.4 Å². The van der Waals surface area contributed by atoms with Crippen LogP contribution in [-0.2, 0) is 4.79 Å². The van der Waals surface area contributed by atoms with E-state index in [0.29, 0.717) is 5.75 Å². The fraction of sp³-hybridized carbons (Fsp3) is 0.176. The molecule has 0 spiro atoms. The summed E-state index contributed by atoms with van der Waals surface area (Å²) >= 11 is 6.36. The number of hydrogen-bond acceptors (Lipinski definition) is 6. The summed E-state index contributed by atoms with van der Waals surface area (Å²) in [5.74, 6) is 0.340. The largest absolute Gasteiger partial charge is 0.483 e. The summed E-state index contributed by atoms with van der Waals surface area (Å²) in [5.41, 5.74) is 4.20. The maximum Gasteiger partial charge on any atom is 0.264 e. The molecule has 0 atom stereocenters. The van der Waals surface area contributed by atoms with Gasteiger partial charge in [-0.1, -0.05) is 24.3 Å². The first-order valence-electron chi connectivity index (χ1n) is 7.55. The Labute approximate surface area is 154 Å². The monoisotopic (exact) mass is 372 g/mol. The number of aromatic nitrogens is 2. The van der Waals surface area contributed by atoms with Crippen molar-refractivity contribution in [2.75, 3.05) is 11.9 Å². The van der Waals surface area contributed by atoms with Gasteiger partial charge in [0.2, 0.25) is 0 Å². The molecule has 1 heterocycles. The van der Waals surface area contributed by atoms with E-state index in [0.717, 1.165) is 39.6 Å². The van der Waals surface area contributed by atoms with Gasteiger partial charge in [0, 0.05) is 0 Å². The highest BCUT2D eigenvalue weighted by Gasteiger charge is 2.12. The molecule has 2 aromatic carbocycles. The Bertz CT molecular complexity index is 939. The zero-order chi connectivity index (χ0) is 17.8. The highest BCUT2D eigenvalue weighted by atomic mass is 32.1. The average molecular weight is 372 g/mol. The molecule has 1 aromatic heterocycles. The number of rotatable bonds is 4. The van der Waals surface area contributed by atoms with Crippen molar-refractivity contribution in [1.29, 1.82) is 0 Å². The Morgan fingerprint density at radius 1 is 1.16 bits per heavy atom. The number of anilines is 1. The third-order valence-corrected chi connectivity index (χ3v) is 4.33. The molecule has 0 bridgehead atoms. The fourth-order valence-electron chi connectivity index (χ4n) is 2.28. The van der Waals surface area contributed by atoms with Crippen LogP contribution in [0.15, 0.2) is 36.4 Å². The lowest BCUT2D eigenvalue weighted by atomic mass is 10.1. The molecule has 0 saturated heterocycles. The maximum absolute atomic E-state index is 12.0. The van der Waals surface area contributed by atoms with Gasteiger partial charge in [-0.15, -0.1) is 0 Å². The molecule has 0 fully saturated rings. The molecule has 0 unspecified atom stereocenters. The second-order valence-electron chi connectivity index (χ2n) is 5.45. The molecule has 3 rings (SSSR count). The van der Waals surface area contributed by atoms with E-state index in [1.807, 2.05) is 50.2 Å². The molecule has 8 heteroatoms. The Morgan fingerprint density at radius 3 is 2.76 bits per heavy atom. The molecule has 1 amide bonds. The van der Waals surface area contributed by atoms with Crippen LogP contribution in [0.5, 0.6) is 5.75 Å². The zero-order valence-corrected chi connectivity index (χ0v) is 15.3. The van der Waals surface area contributed by atoms with Gasteiger partial charge in [0.05, 0.1) is 17.4 Å². The number of nitrogens with one attached hydrogen (secondary N) is 2. The number of nitrogens with zero attached hydrogens (tertiary/aromatic N) is 2. The van der Waals surface area contributed by atoms with E-state index in [1.165, 1.54) is 0 Å². The predicted molar refractivity (Wildman–Crippen MR) is 103 cm³/mol. The Kier molecular flexibility index (Phi) is 5.20. The first-order valence-corrected chi connectivity index (χ1v) is 8.69. The van der Waals surface area contributed by atoms with Gasteiger partial charge >= 0.3 is 0 Å². The molecule has 0 aliphatic carbocycles.